The fourth-order valence-corrected chi connectivity index (χ4v) is 2.98. The Bertz CT molecular complexity index is 563. The quantitative estimate of drug-likeness (QED) is 0.922. The molecule has 1 aromatic carbocycles. The molecule has 0 saturated carbocycles. The number of rotatable bonds is 4. The standard InChI is InChI=1S/C14H17BrClN3/c1-3-12-14(15)13(19(2)18-12)8-11(17)9-4-6-10(16)7-5-9/h4-7,11H,3,8,17H2,1-2H3. The molecule has 1 heterocycles. The number of nitrogens with two attached hydrogens (primary N) is 1. The van der Waals surface area contributed by atoms with Gasteiger partial charge in [0, 0.05) is 24.5 Å². The summed E-state index contributed by atoms with van der Waals surface area (Å²) in [5.41, 5.74) is 9.53. The maximum atomic E-state index is 6.26. The van der Waals surface area contributed by atoms with E-state index in [1.54, 1.807) is 0 Å². The summed E-state index contributed by atoms with van der Waals surface area (Å²) in [4.78, 5) is 0. The van der Waals surface area contributed by atoms with Gasteiger partial charge in [0.1, 0.15) is 0 Å². The van der Waals surface area contributed by atoms with Crippen molar-refractivity contribution in [2.75, 3.05) is 0 Å². The van der Waals surface area contributed by atoms with Crippen LogP contribution in [-0.4, -0.2) is 9.78 Å². The molecule has 0 aliphatic carbocycles. The van der Waals surface area contributed by atoms with Crippen LogP contribution in [0.5, 0.6) is 0 Å². The van der Waals surface area contributed by atoms with E-state index < -0.39 is 0 Å². The Hall–Kier alpha value is -0.840. The summed E-state index contributed by atoms with van der Waals surface area (Å²) in [5.74, 6) is 0. The second kappa shape index (κ2) is 6.07. The fourth-order valence-electron chi connectivity index (χ4n) is 2.08. The number of hydrogen-bond acceptors (Lipinski definition) is 2. The smallest absolute Gasteiger partial charge is 0.0766 e. The van der Waals surface area contributed by atoms with Crippen molar-refractivity contribution in [3.05, 3.63) is 50.7 Å². The molecule has 2 rings (SSSR count). The Kier molecular flexibility index (Phi) is 4.66. The number of aryl methyl sites for hydroxylation is 2. The van der Waals surface area contributed by atoms with Gasteiger partial charge in [-0.15, -0.1) is 0 Å². The zero-order valence-electron chi connectivity index (χ0n) is 11.0. The lowest BCUT2D eigenvalue weighted by atomic mass is 10.0. The normalized spacial score (nSPS) is 12.7. The molecule has 3 nitrogen and oxygen atoms in total. The van der Waals surface area contributed by atoms with E-state index in [9.17, 15) is 0 Å². The van der Waals surface area contributed by atoms with Gasteiger partial charge < -0.3 is 5.73 Å². The lowest BCUT2D eigenvalue weighted by Crippen LogP contribution is -2.15. The molecule has 19 heavy (non-hydrogen) atoms. The van der Waals surface area contributed by atoms with Crippen LogP contribution in [-0.2, 0) is 19.9 Å². The molecule has 1 unspecified atom stereocenters. The molecule has 1 aromatic heterocycles. The maximum Gasteiger partial charge on any atom is 0.0766 e. The van der Waals surface area contributed by atoms with Crippen LogP contribution in [0.1, 0.15) is 29.9 Å². The molecule has 0 fully saturated rings. The summed E-state index contributed by atoms with van der Waals surface area (Å²) >= 11 is 9.50. The van der Waals surface area contributed by atoms with E-state index in [0.29, 0.717) is 0 Å². The molecule has 2 N–H and O–H groups in total. The summed E-state index contributed by atoms with van der Waals surface area (Å²) in [6, 6.07) is 7.61. The van der Waals surface area contributed by atoms with Crippen LogP contribution in [0.25, 0.3) is 0 Å². The Balaban J connectivity index is 2.21. The number of nitrogens with zero attached hydrogens (tertiary/aromatic N) is 2. The van der Waals surface area contributed by atoms with E-state index in [1.807, 2.05) is 36.0 Å². The lowest BCUT2D eigenvalue weighted by Gasteiger charge is -2.12. The SMILES string of the molecule is CCc1nn(C)c(CC(N)c2ccc(Cl)cc2)c1Br. The van der Waals surface area contributed by atoms with E-state index in [2.05, 4.69) is 28.0 Å². The Morgan fingerprint density at radius 3 is 2.53 bits per heavy atom. The topological polar surface area (TPSA) is 43.8 Å². The van der Waals surface area contributed by atoms with E-state index in [-0.39, 0.29) is 6.04 Å². The van der Waals surface area contributed by atoms with Crippen LogP contribution >= 0.6 is 27.5 Å². The molecule has 2 aromatic rings. The largest absolute Gasteiger partial charge is 0.324 e. The minimum Gasteiger partial charge on any atom is -0.324 e. The summed E-state index contributed by atoms with van der Waals surface area (Å²) < 4.78 is 2.97. The monoisotopic (exact) mass is 341 g/mol. The fraction of sp³-hybridized carbons (Fsp3) is 0.357. The molecule has 0 bridgehead atoms. The number of benzene rings is 1. The van der Waals surface area contributed by atoms with Crippen molar-refractivity contribution in [1.29, 1.82) is 0 Å². The molecule has 0 amide bonds. The zero-order valence-corrected chi connectivity index (χ0v) is 13.4. The van der Waals surface area contributed by atoms with Gasteiger partial charge in [-0.1, -0.05) is 30.7 Å². The van der Waals surface area contributed by atoms with Gasteiger partial charge in [0.05, 0.1) is 15.9 Å². The van der Waals surface area contributed by atoms with Crippen LogP contribution in [0.2, 0.25) is 5.02 Å². The maximum absolute atomic E-state index is 6.26. The van der Waals surface area contributed by atoms with Gasteiger partial charge in [0.25, 0.3) is 0 Å². The summed E-state index contributed by atoms with van der Waals surface area (Å²) in [6.45, 7) is 2.09. The van der Waals surface area contributed by atoms with Crippen LogP contribution in [0, 0.1) is 0 Å². The van der Waals surface area contributed by atoms with Crippen molar-refractivity contribution in [3.63, 3.8) is 0 Å². The molecular formula is C14H17BrClN3. The van der Waals surface area contributed by atoms with Crippen LogP contribution in [0.15, 0.2) is 28.7 Å². The average Bonchev–Trinajstić information content (AvgIpc) is 2.67. The first-order valence-corrected chi connectivity index (χ1v) is 7.41. The van der Waals surface area contributed by atoms with Crippen molar-refractivity contribution in [3.8, 4) is 0 Å². The molecule has 0 aliphatic heterocycles. The van der Waals surface area contributed by atoms with Gasteiger partial charge in [-0.25, -0.2) is 0 Å². The number of aromatic nitrogens is 2. The van der Waals surface area contributed by atoms with E-state index in [4.69, 9.17) is 17.3 Å². The Morgan fingerprint density at radius 1 is 1.37 bits per heavy atom. The highest BCUT2D eigenvalue weighted by Gasteiger charge is 2.16. The predicted molar refractivity (Wildman–Crippen MR) is 82.4 cm³/mol. The minimum absolute atomic E-state index is 0.0614. The predicted octanol–water partition coefficient (Wildman–Crippen LogP) is 3.64. The summed E-state index contributed by atoms with van der Waals surface area (Å²) in [6.07, 6.45) is 1.65. The number of hydrogen-bond donors (Lipinski definition) is 1. The first-order valence-electron chi connectivity index (χ1n) is 6.24. The molecule has 0 aliphatic rings. The highest BCUT2D eigenvalue weighted by atomic mass is 79.9. The first-order chi connectivity index (χ1) is 9.02. The summed E-state index contributed by atoms with van der Waals surface area (Å²) in [5, 5.41) is 5.21. The highest BCUT2D eigenvalue weighted by Crippen LogP contribution is 2.26. The van der Waals surface area contributed by atoms with Gasteiger partial charge in [0.2, 0.25) is 0 Å². The first kappa shape index (κ1) is 14.6. The van der Waals surface area contributed by atoms with E-state index in [0.717, 1.165) is 39.3 Å². The summed E-state index contributed by atoms with van der Waals surface area (Å²) in [7, 11) is 1.95. The number of halogens is 2. The molecule has 1 atom stereocenters. The van der Waals surface area contributed by atoms with E-state index in [1.165, 1.54) is 0 Å². The average molecular weight is 343 g/mol. The van der Waals surface area contributed by atoms with Crippen molar-refractivity contribution in [1.82, 2.24) is 9.78 Å². The van der Waals surface area contributed by atoms with Crippen LogP contribution in [0.3, 0.4) is 0 Å². The lowest BCUT2D eigenvalue weighted by molar-refractivity contribution is 0.637. The molecule has 0 spiro atoms. The molecule has 5 heteroatoms. The van der Waals surface area contributed by atoms with Crippen LogP contribution in [0.4, 0.5) is 0 Å². The second-order valence-corrected chi connectivity index (χ2v) is 5.78. The molecule has 0 radical (unpaired) electrons. The second-order valence-electron chi connectivity index (χ2n) is 4.55. The van der Waals surface area contributed by atoms with Crippen molar-refractivity contribution >= 4 is 27.5 Å². The highest BCUT2D eigenvalue weighted by molar-refractivity contribution is 9.10. The Labute approximate surface area is 126 Å². The third kappa shape index (κ3) is 3.19. The van der Waals surface area contributed by atoms with Crippen molar-refractivity contribution in [2.45, 2.75) is 25.8 Å². The molecule has 0 saturated heterocycles. The van der Waals surface area contributed by atoms with Gasteiger partial charge in [0.15, 0.2) is 0 Å². The zero-order chi connectivity index (χ0) is 14.0. The van der Waals surface area contributed by atoms with Gasteiger partial charge in [-0.3, -0.25) is 4.68 Å². The van der Waals surface area contributed by atoms with Gasteiger partial charge in [-0.05, 0) is 40.0 Å². The molecular weight excluding hydrogens is 326 g/mol. The molecule has 102 valence electrons. The third-order valence-corrected chi connectivity index (χ3v) is 4.38. The van der Waals surface area contributed by atoms with Crippen molar-refractivity contribution < 1.29 is 0 Å². The van der Waals surface area contributed by atoms with Gasteiger partial charge in [-0.2, -0.15) is 5.10 Å². The third-order valence-electron chi connectivity index (χ3n) is 3.21. The van der Waals surface area contributed by atoms with Crippen LogP contribution < -0.4 is 5.73 Å². The Morgan fingerprint density at radius 2 is 2.00 bits per heavy atom. The van der Waals surface area contributed by atoms with E-state index >= 15 is 0 Å². The minimum atomic E-state index is -0.0614. The van der Waals surface area contributed by atoms with Gasteiger partial charge >= 0.3 is 0 Å². The van der Waals surface area contributed by atoms with Crippen molar-refractivity contribution in [2.24, 2.45) is 12.8 Å².